The van der Waals surface area contributed by atoms with Crippen LogP contribution in [0.1, 0.15) is 18.9 Å². The number of nitrogens with zero attached hydrogens (tertiary/aromatic N) is 1. The van der Waals surface area contributed by atoms with Crippen LogP contribution < -0.4 is 5.73 Å². The number of benzene rings is 1. The molecule has 0 atom stereocenters. The second-order valence-electron chi connectivity index (χ2n) is 3.42. The van der Waals surface area contributed by atoms with Crippen molar-refractivity contribution in [2.75, 3.05) is 5.73 Å². The number of rotatable bonds is 1. The topological polar surface area (TPSA) is 38.4 Å². The molecule has 0 fully saturated rings. The van der Waals surface area contributed by atoms with Crippen LogP contribution in [-0.4, -0.2) is 5.71 Å². The second kappa shape index (κ2) is 3.46. The first kappa shape index (κ1) is 9.28. The summed E-state index contributed by atoms with van der Waals surface area (Å²) >= 11 is 6.01. The van der Waals surface area contributed by atoms with Crippen molar-refractivity contribution in [1.82, 2.24) is 0 Å². The van der Waals surface area contributed by atoms with Crippen LogP contribution in [0.25, 0.3) is 5.57 Å². The van der Waals surface area contributed by atoms with E-state index in [0.717, 1.165) is 29.0 Å². The molecule has 14 heavy (non-hydrogen) atoms. The monoisotopic (exact) mass is 206 g/mol. The van der Waals surface area contributed by atoms with Crippen molar-refractivity contribution >= 4 is 28.6 Å². The summed E-state index contributed by atoms with van der Waals surface area (Å²) < 4.78 is 0. The van der Waals surface area contributed by atoms with Gasteiger partial charge in [-0.05, 0) is 24.6 Å². The fourth-order valence-corrected chi connectivity index (χ4v) is 1.87. The Balaban J connectivity index is 2.39. The Labute approximate surface area is 88.1 Å². The normalized spacial score (nSPS) is 16.0. The van der Waals surface area contributed by atoms with Gasteiger partial charge in [-0.15, -0.1) is 0 Å². The van der Waals surface area contributed by atoms with Crippen molar-refractivity contribution in [3.63, 3.8) is 0 Å². The zero-order valence-corrected chi connectivity index (χ0v) is 8.67. The minimum absolute atomic E-state index is 0.591. The fourth-order valence-electron chi connectivity index (χ4n) is 1.55. The van der Waals surface area contributed by atoms with Gasteiger partial charge in [0, 0.05) is 23.4 Å². The zero-order chi connectivity index (χ0) is 10.1. The first-order valence-corrected chi connectivity index (χ1v) is 4.83. The van der Waals surface area contributed by atoms with E-state index in [-0.39, 0.29) is 0 Å². The molecule has 2 N–H and O–H groups in total. The number of nitrogens with two attached hydrogens (primary N) is 1. The third-order valence-corrected chi connectivity index (χ3v) is 2.52. The predicted octanol–water partition coefficient (Wildman–Crippen LogP) is 3.04. The highest BCUT2D eigenvalue weighted by Crippen LogP contribution is 2.31. The molecule has 72 valence electrons. The average Bonchev–Trinajstić information content (AvgIpc) is 2.45. The predicted molar refractivity (Wildman–Crippen MR) is 61.4 cm³/mol. The Kier molecular flexibility index (Phi) is 2.30. The van der Waals surface area contributed by atoms with Gasteiger partial charge in [-0.3, -0.25) is 0 Å². The highest BCUT2D eigenvalue weighted by Gasteiger charge is 2.14. The Morgan fingerprint density at radius 3 is 2.79 bits per heavy atom. The second-order valence-corrected chi connectivity index (χ2v) is 3.78. The molecule has 0 radical (unpaired) electrons. The molecule has 0 saturated carbocycles. The summed E-state index contributed by atoms with van der Waals surface area (Å²) in [4.78, 5) is 4.20. The van der Waals surface area contributed by atoms with Gasteiger partial charge in [0.2, 0.25) is 0 Å². The Morgan fingerprint density at radius 1 is 1.43 bits per heavy atom. The molecular weight excluding hydrogens is 196 g/mol. The molecule has 0 spiro atoms. The van der Waals surface area contributed by atoms with Gasteiger partial charge in [-0.25, -0.2) is 4.99 Å². The number of hydrogen-bond acceptors (Lipinski definition) is 2. The maximum atomic E-state index is 6.01. The number of nitrogen functional groups attached to an aromatic ring is 1. The van der Waals surface area contributed by atoms with Crippen molar-refractivity contribution in [3.05, 3.63) is 35.0 Å². The summed E-state index contributed by atoms with van der Waals surface area (Å²) in [5.74, 6) is 0. The van der Waals surface area contributed by atoms with Gasteiger partial charge in [0.25, 0.3) is 0 Å². The summed E-state index contributed by atoms with van der Waals surface area (Å²) in [7, 11) is 0. The van der Waals surface area contributed by atoms with E-state index in [1.165, 1.54) is 0 Å². The van der Waals surface area contributed by atoms with Gasteiger partial charge < -0.3 is 5.73 Å². The van der Waals surface area contributed by atoms with E-state index < -0.39 is 0 Å². The average molecular weight is 207 g/mol. The third kappa shape index (κ3) is 1.66. The van der Waals surface area contributed by atoms with E-state index in [2.05, 4.69) is 4.99 Å². The van der Waals surface area contributed by atoms with Crippen LogP contribution in [0.4, 0.5) is 5.69 Å². The molecule has 1 aliphatic heterocycles. The van der Waals surface area contributed by atoms with Crippen molar-refractivity contribution in [2.24, 2.45) is 4.99 Å². The third-order valence-electron chi connectivity index (χ3n) is 2.21. The molecule has 0 unspecified atom stereocenters. The van der Waals surface area contributed by atoms with Crippen molar-refractivity contribution < 1.29 is 0 Å². The highest BCUT2D eigenvalue weighted by molar-refractivity contribution is 6.34. The van der Waals surface area contributed by atoms with E-state index in [9.17, 15) is 0 Å². The van der Waals surface area contributed by atoms with Crippen molar-refractivity contribution in [3.8, 4) is 0 Å². The van der Waals surface area contributed by atoms with Gasteiger partial charge in [0.1, 0.15) is 5.16 Å². The van der Waals surface area contributed by atoms with Gasteiger partial charge in [0.05, 0.1) is 0 Å². The smallest absolute Gasteiger partial charge is 0.133 e. The van der Waals surface area contributed by atoms with Gasteiger partial charge in [0.15, 0.2) is 0 Å². The van der Waals surface area contributed by atoms with Crippen molar-refractivity contribution in [2.45, 2.75) is 13.3 Å². The number of anilines is 1. The number of aliphatic imine (C=N–C) groups is 1. The molecule has 0 saturated heterocycles. The summed E-state index contributed by atoms with van der Waals surface area (Å²) in [6.07, 6.45) is 0.822. The SMILES string of the molecule is CC1=NC(Cl)=C(c2cccc(N)c2)C1. The van der Waals surface area contributed by atoms with Crippen molar-refractivity contribution in [1.29, 1.82) is 0 Å². The Hall–Kier alpha value is -1.28. The molecule has 1 aromatic carbocycles. The van der Waals surface area contributed by atoms with Crippen LogP contribution in [0.2, 0.25) is 0 Å². The summed E-state index contributed by atoms with van der Waals surface area (Å²) in [5, 5.41) is 0.591. The Morgan fingerprint density at radius 2 is 2.21 bits per heavy atom. The van der Waals surface area contributed by atoms with E-state index in [4.69, 9.17) is 17.3 Å². The molecular formula is C11H11ClN2. The molecule has 0 aromatic heterocycles. The van der Waals surface area contributed by atoms with Gasteiger partial charge in [-0.2, -0.15) is 0 Å². The zero-order valence-electron chi connectivity index (χ0n) is 7.92. The van der Waals surface area contributed by atoms with Crippen LogP contribution in [0.3, 0.4) is 0 Å². The first-order valence-electron chi connectivity index (χ1n) is 4.45. The number of allylic oxidation sites excluding steroid dienone is 1. The van der Waals surface area contributed by atoms with E-state index in [1.807, 2.05) is 31.2 Å². The fraction of sp³-hybridized carbons (Fsp3) is 0.182. The highest BCUT2D eigenvalue weighted by atomic mass is 35.5. The summed E-state index contributed by atoms with van der Waals surface area (Å²) in [5.41, 5.74) is 9.64. The number of halogens is 1. The lowest BCUT2D eigenvalue weighted by Crippen LogP contribution is -1.90. The van der Waals surface area contributed by atoms with Crippen LogP contribution >= 0.6 is 11.6 Å². The maximum Gasteiger partial charge on any atom is 0.133 e. The molecule has 2 nitrogen and oxygen atoms in total. The van der Waals surface area contributed by atoms with Crippen LogP contribution in [-0.2, 0) is 0 Å². The van der Waals surface area contributed by atoms with E-state index in [0.29, 0.717) is 5.16 Å². The molecule has 0 amide bonds. The molecule has 2 rings (SSSR count). The number of hydrogen-bond donors (Lipinski definition) is 1. The maximum absolute atomic E-state index is 6.01. The first-order chi connectivity index (χ1) is 6.66. The quantitative estimate of drug-likeness (QED) is 0.557. The largest absolute Gasteiger partial charge is 0.399 e. The molecule has 1 heterocycles. The lowest BCUT2D eigenvalue weighted by atomic mass is 10.0. The molecule has 0 aliphatic carbocycles. The summed E-state index contributed by atoms with van der Waals surface area (Å²) in [6, 6.07) is 7.71. The molecule has 3 heteroatoms. The summed E-state index contributed by atoms with van der Waals surface area (Å²) in [6.45, 7) is 1.97. The molecule has 1 aromatic rings. The van der Waals surface area contributed by atoms with Gasteiger partial charge in [-0.1, -0.05) is 23.7 Å². The minimum atomic E-state index is 0.591. The lowest BCUT2D eigenvalue weighted by Gasteiger charge is -2.03. The van der Waals surface area contributed by atoms with Crippen LogP contribution in [0.5, 0.6) is 0 Å². The van der Waals surface area contributed by atoms with Gasteiger partial charge >= 0.3 is 0 Å². The lowest BCUT2D eigenvalue weighted by molar-refractivity contribution is 1.47. The van der Waals surface area contributed by atoms with Crippen LogP contribution in [0.15, 0.2) is 34.4 Å². The van der Waals surface area contributed by atoms with E-state index >= 15 is 0 Å². The Bertz CT molecular complexity index is 433. The minimum Gasteiger partial charge on any atom is -0.399 e. The van der Waals surface area contributed by atoms with E-state index in [1.54, 1.807) is 0 Å². The van der Waals surface area contributed by atoms with Crippen LogP contribution in [0, 0.1) is 0 Å². The standard InChI is InChI=1S/C11H11ClN2/c1-7-5-10(11(12)14-7)8-3-2-4-9(13)6-8/h2-4,6H,5,13H2,1H3. The molecule has 1 aliphatic rings. The molecule has 0 bridgehead atoms.